The fraction of sp³-hybridized carbons (Fsp3) is 0.571. The van der Waals surface area contributed by atoms with Crippen LogP contribution in [-0.4, -0.2) is 29.2 Å². The lowest BCUT2D eigenvalue weighted by Crippen LogP contribution is -2.38. The summed E-state index contributed by atoms with van der Waals surface area (Å²) in [5.74, 6) is -0.305. The predicted octanol–water partition coefficient (Wildman–Crippen LogP) is 1.41. The molecule has 108 valence electrons. The topological polar surface area (TPSA) is 88.8 Å². The molecule has 2 heterocycles. The normalized spacial score (nSPS) is 28.9. The molecular formula is C14H17NO5. The first-order valence-corrected chi connectivity index (χ1v) is 6.90. The summed E-state index contributed by atoms with van der Waals surface area (Å²) in [6.07, 6.45) is 3.69. The van der Waals surface area contributed by atoms with Gasteiger partial charge in [-0.15, -0.1) is 0 Å². The van der Waals surface area contributed by atoms with Crippen LogP contribution in [-0.2, 0) is 20.7 Å². The Hall–Kier alpha value is -1.82. The Kier molecular flexibility index (Phi) is 3.48. The number of nitrogens with one attached hydrogen (secondary N) is 1. The molecule has 1 fully saturated rings. The summed E-state index contributed by atoms with van der Waals surface area (Å²) in [7, 11) is 0. The smallest absolute Gasteiger partial charge is 0.332 e. The van der Waals surface area contributed by atoms with Gasteiger partial charge in [-0.1, -0.05) is 0 Å². The molecule has 2 N–H and O–H groups in total. The number of fused-ring (bicyclic) bond motifs is 1. The molecule has 1 saturated heterocycles. The molecule has 0 radical (unpaired) electrons. The first-order chi connectivity index (χ1) is 9.65. The van der Waals surface area contributed by atoms with E-state index in [0.717, 1.165) is 30.6 Å². The van der Waals surface area contributed by atoms with Gasteiger partial charge in [-0.3, -0.25) is 4.79 Å². The van der Waals surface area contributed by atoms with Crippen molar-refractivity contribution in [2.75, 3.05) is 0 Å². The third-order valence-corrected chi connectivity index (χ3v) is 3.96. The second-order valence-electron chi connectivity index (χ2n) is 5.28. The average Bonchev–Trinajstić information content (AvgIpc) is 3.08. The number of aliphatic carboxylic acids is 1. The van der Waals surface area contributed by atoms with Crippen molar-refractivity contribution in [2.24, 2.45) is 0 Å². The fourth-order valence-electron chi connectivity index (χ4n) is 2.91. The van der Waals surface area contributed by atoms with Gasteiger partial charge < -0.3 is 19.6 Å². The molecule has 3 unspecified atom stereocenters. The highest BCUT2D eigenvalue weighted by Crippen LogP contribution is 2.31. The van der Waals surface area contributed by atoms with Crippen molar-refractivity contribution in [3.8, 4) is 0 Å². The number of furan rings is 1. The Balaban J connectivity index is 1.62. The van der Waals surface area contributed by atoms with Crippen LogP contribution in [0.5, 0.6) is 0 Å². The molecule has 3 rings (SSSR count). The van der Waals surface area contributed by atoms with Crippen molar-refractivity contribution < 1.29 is 23.8 Å². The maximum Gasteiger partial charge on any atom is 0.332 e. The summed E-state index contributed by atoms with van der Waals surface area (Å²) < 4.78 is 10.6. The molecule has 6 nitrogen and oxygen atoms in total. The third kappa shape index (κ3) is 2.43. The first kappa shape index (κ1) is 13.2. The Morgan fingerprint density at radius 3 is 2.80 bits per heavy atom. The van der Waals surface area contributed by atoms with Gasteiger partial charge in [0.1, 0.15) is 11.9 Å². The number of carboxylic acid groups (broad SMARTS) is 1. The summed E-state index contributed by atoms with van der Waals surface area (Å²) in [6, 6.07) is 1.83. The molecule has 20 heavy (non-hydrogen) atoms. The Morgan fingerprint density at radius 1 is 1.25 bits per heavy atom. The molecule has 1 amide bonds. The minimum Gasteiger partial charge on any atom is -0.479 e. The molecule has 1 aliphatic heterocycles. The maximum atomic E-state index is 12.2. The van der Waals surface area contributed by atoms with E-state index in [4.69, 9.17) is 14.3 Å². The number of rotatable bonds is 3. The second kappa shape index (κ2) is 5.28. The van der Waals surface area contributed by atoms with E-state index in [1.165, 1.54) is 0 Å². The molecule has 0 aromatic carbocycles. The van der Waals surface area contributed by atoms with E-state index in [1.54, 1.807) is 6.26 Å². The SMILES string of the molecule is O=C(O)C1CCC(C(=O)NC2CCCc3occc32)O1. The van der Waals surface area contributed by atoms with Crippen molar-refractivity contribution in [3.05, 3.63) is 23.7 Å². The van der Waals surface area contributed by atoms with Crippen molar-refractivity contribution in [3.63, 3.8) is 0 Å². The molecule has 3 atom stereocenters. The van der Waals surface area contributed by atoms with Crippen LogP contribution < -0.4 is 5.32 Å². The van der Waals surface area contributed by atoms with Gasteiger partial charge in [0.05, 0.1) is 12.3 Å². The van der Waals surface area contributed by atoms with Gasteiger partial charge in [0.25, 0.3) is 0 Å². The van der Waals surface area contributed by atoms with E-state index in [0.29, 0.717) is 12.8 Å². The molecule has 2 aliphatic rings. The fourth-order valence-corrected chi connectivity index (χ4v) is 2.91. The summed E-state index contributed by atoms with van der Waals surface area (Å²) in [5, 5.41) is 11.8. The zero-order valence-corrected chi connectivity index (χ0v) is 11.0. The summed E-state index contributed by atoms with van der Waals surface area (Å²) >= 11 is 0. The molecular weight excluding hydrogens is 262 g/mol. The van der Waals surface area contributed by atoms with Crippen LogP contribution in [0.2, 0.25) is 0 Å². The molecule has 6 heteroatoms. The van der Waals surface area contributed by atoms with Crippen molar-refractivity contribution in [1.29, 1.82) is 0 Å². The van der Waals surface area contributed by atoms with Gasteiger partial charge >= 0.3 is 5.97 Å². The number of amides is 1. The van der Waals surface area contributed by atoms with E-state index >= 15 is 0 Å². The predicted molar refractivity (Wildman–Crippen MR) is 68.1 cm³/mol. The standard InChI is InChI=1S/C14H17NO5/c16-13(11-4-5-12(20-11)14(17)18)15-9-2-1-3-10-8(9)6-7-19-10/h6-7,9,11-12H,1-5H2,(H,15,16)(H,17,18). The largest absolute Gasteiger partial charge is 0.479 e. The van der Waals surface area contributed by atoms with Crippen LogP contribution in [0.25, 0.3) is 0 Å². The van der Waals surface area contributed by atoms with E-state index in [1.807, 2.05) is 6.07 Å². The molecule has 0 spiro atoms. The average molecular weight is 279 g/mol. The van der Waals surface area contributed by atoms with Gasteiger partial charge in [0.15, 0.2) is 6.10 Å². The van der Waals surface area contributed by atoms with E-state index in [2.05, 4.69) is 5.32 Å². The number of hydrogen-bond donors (Lipinski definition) is 2. The van der Waals surface area contributed by atoms with Gasteiger partial charge in [-0.25, -0.2) is 4.79 Å². The molecule has 1 aromatic heterocycles. The second-order valence-corrected chi connectivity index (χ2v) is 5.28. The molecule has 1 aromatic rings. The van der Waals surface area contributed by atoms with Crippen LogP contribution in [0, 0.1) is 0 Å². The van der Waals surface area contributed by atoms with Crippen LogP contribution in [0.15, 0.2) is 16.7 Å². The van der Waals surface area contributed by atoms with Crippen LogP contribution in [0.3, 0.4) is 0 Å². The summed E-state index contributed by atoms with van der Waals surface area (Å²) in [4.78, 5) is 23.0. The highest BCUT2D eigenvalue weighted by Gasteiger charge is 2.36. The van der Waals surface area contributed by atoms with Gasteiger partial charge in [0, 0.05) is 12.0 Å². The van der Waals surface area contributed by atoms with E-state index in [9.17, 15) is 9.59 Å². The number of carbonyl (C=O) groups is 2. The number of carboxylic acids is 1. The van der Waals surface area contributed by atoms with Crippen LogP contribution in [0.1, 0.15) is 43.0 Å². The lowest BCUT2D eigenvalue weighted by Gasteiger charge is -2.24. The molecule has 0 saturated carbocycles. The Labute approximate surface area is 116 Å². The van der Waals surface area contributed by atoms with Crippen molar-refractivity contribution in [1.82, 2.24) is 5.32 Å². The van der Waals surface area contributed by atoms with Gasteiger partial charge in [-0.05, 0) is 31.7 Å². The van der Waals surface area contributed by atoms with Crippen LogP contribution >= 0.6 is 0 Å². The molecule has 0 bridgehead atoms. The van der Waals surface area contributed by atoms with Gasteiger partial charge in [0.2, 0.25) is 5.91 Å². The highest BCUT2D eigenvalue weighted by atomic mass is 16.5. The van der Waals surface area contributed by atoms with E-state index in [-0.39, 0.29) is 11.9 Å². The van der Waals surface area contributed by atoms with E-state index < -0.39 is 18.2 Å². The van der Waals surface area contributed by atoms with Crippen molar-refractivity contribution >= 4 is 11.9 Å². The van der Waals surface area contributed by atoms with Gasteiger partial charge in [-0.2, -0.15) is 0 Å². The first-order valence-electron chi connectivity index (χ1n) is 6.90. The summed E-state index contributed by atoms with van der Waals surface area (Å²) in [5.41, 5.74) is 1.03. The van der Waals surface area contributed by atoms with Crippen LogP contribution in [0.4, 0.5) is 0 Å². The zero-order chi connectivity index (χ0) is 14.1. The Bertz CT molecular complexity index is 523. The number of hydrogen-bond acceptors (Lipinski definition) is 4. The quantitative estimate of drug-likeness (QED) is 0.873. The number of aryl methyl sites for hydroxylation is 1. The zero-order valence-electron chi connectivity index (χ0n) is 11.0. The number of ether oxygens (including phenoxy) is 1. The highest BCUT2D eigenvalue weighted by molar-refractivity contribution is 5.83. The van der Waals surface area contributed by atoms with Crippen molar-refractivity contribution in [2.45, 2.75) is 50.4 Å². The monoisotopic (exact) mass is 279 g/mol. The Morgan fingerprint density at radius 2 is 2.05 bits per heavy atom. The summed E-state index contributed by atoms with van der Waals surface area (Å²) in [6.45, 7) is 0. The lowest BCUT2D eigenvalue weighted by molar-refractivity contribution is -0.151. The third-order valence-electron chi connectivity index (χ3n) is 3.96. The maximum absolute atomic E-state index is 12.2. The minimum atomic E-state index is -1.00. The minimum absolute atomic E-state index is 0.0579. The lowest BCUT2D eigenvalue weighted by atomic mass is 9.93. The molecule has 1 aliphatic carbocycles. The number of carbonyl (C=O) groups excluding carboxylic acids is 1.